The number of carbonyl (C=O) groups is 1. The zero-order valence-corrected chi connectivity index (χ0v) is 16.1. The van der Waals surface area contributed by atoms with Crippen molar-refractivity contribution in [3.8, 4) is 0 Å². The molecule has 0 spiro atoms. The van der Waals surface area contributed by atoms with E-state index >= 15 is 0 Å². The largest absolute Gasteiger partial charge is 0.465 e. The summed E-state index contributed by atoms with van der Waals surface area (Å²) in [6, 6.07) is 11.7. The maximum absolute atomic E-state index is 13.4. The average Bonchev–Trinajstić information content (AvgIpc) is 2.95. The standard InChI is InChI=1S/C19H17ClN2O4S/c1-12-2-5-14(6-3-12)27(25,26)22-17-7-4-13(20)10-15(17)16-11-21(19(23)24)9-8-18(16)22/h2-7,10H,8-9,11H2,1H3,(H,23,24). The Kier molecular flexibility index (Phi) is 4.16. The van der Waals surface area contributed by atoms with Gasteiger partial charge in [-0.3, -0.25) is 0 Å². The summed E-state index contributed by atoms with van der Waals surface area (Å²) in [4.78, 5) is 12.9. The number of carboxylic acid groups (broad SMARTS) is 1. The molecule has 0 bridgehead atoms. The first-order chi connectivity index (χ1) is 12.8. The fourth-order valence-corrected chi connectivity index (χ4v) is 5.32. The topological polar surface area (TPSA) is 79.6 Å². The summed E-state index contributed by atoms with van der Waals surface area (Å²) in [6.07, 6.45) is -0.705. The zero-order chi connectivity index (χ0) is 19.3. The first-order valence-corrected chi connectivity index (χ1v) is 10.2. The van der Waals surface area contributed by atoms with E-state index in [2.05, 4.69) is 0 Å². The molecule has 27 heavy (non-hydrogen) atoms. The third kappa shape index (κ3) is 2.87. The second-order valence-corrected chi connectivity index (χ2v) is 8.85. The van der Waals surface area contributed by atoms with Gasteiger partial charge in [0.1, 0.15) is 0 Å². The molecule has 0 radical (unpaired) electrons. The number of hydrogen-bond donors (Lipinski definition) is 1. The highest BCUT2D eigenvalue weighted by atomic mass is 35.5. The number of aryl methyl sites for hydroxylation is 1. The Labute approximate surface area is 161 Å². The molecule has 4 rings (SSSR count). The lowest BCUT2D eigenvalue weighted by atomic mass is 10.1. The van der Waals surface area contributed by atoms with E-state index in [1.165, 1.54) is 8.87 Å². The van der Waals surface area contributed by atoms with E-state index in [-0.39, 0.29) is 18.0 Å². The first kappa shape index (κ1) is 17.9. The molecule has 8 heteroatoms. The van der Waals surface area contributed by atoms with Crippen LogP contribution in [0.3, 0.4) is 0 Å². The lowest BCUT2D eigenvalue weighted by Gasteiger charge is -2.25. The van der Waals surface area contributed by atoms with Gasteiger partial charge in [0, 0.05) is 34.6 Å². The maximum Gasteiger partial charge on any atom is 0.407 e. The van der Waals surface area contributed by atoms with Crippen LogP contribution in [0.15, 0.2) is 47.4 Å². The molecule has 1 aliphatic rings. The van der Waals surface area contributed by atoms with Gasteiger partial charge >= 0.3 is 6.09 Å². The molecule has 1 aliphatic heterocycles. The molecule has 0 unspecified atom stereocenters. The Hall–Kier alpha value is -2.51. The number of amides is 1. The lowest BCUT2D eigenvalue weighted by Crippen LogP contribution is -2.35. The highest BCUT2D eigenvalue weighted by Crippen LogP contribution is 2.35. The predicted octanol–water partition coefficient (Wildman–Crippen LogP) is 3.88. The Bertz CT molecular complexity index is 1170. The van der Waals surface area contributed by atoms with Crippen LogP contribution in [0.5, 0.6) is 0 Å². The van der Waals surface area contributed by atoms with Crippen LogP contribution in [-0.2, 0) is 23.0 Å². The summed E-state index contributed by atoms with van der Waals surface area (Å²) in [5.41, 5.74) is 2.79. The van der Waals surface area contributed by atoms with E-state index in [4.69, 9.17) is 11.6 Å². The second kappa shape index (κ2) is 6.28. The van der Waals surface area contributed by atoms with Crippen molar-refractivity contribution in [2.24, 2.45) is 0 Å². The van der Waals surface area contributed by atoms with Gasteiger partial charge < -0.3 is 10.0 Å². The third-order valence-corrected chi connectivity index (χ3v) is 6.89. The number of halogens is 1. The summed E-state index contributed by atoms with van der Waals surface area (Å²) < 4.78 is 28.1. The average molecular weight is 405 g/mol. The molecular formula is C19H17ClN2O4S. The quantitative estimate of drug-likeness (QED) is 0.703. The molecule has 1 aromatic heterocycles. The first-order valence-electron chi connectivity index (χ1n) is 8.41. The molecule has 6 nitrogen and oxygen atoms in total. The van der Waals surface area contributed by atoms with E-state index in [9.17, 15) is 18.3 Å². The van der Waals surface area contributed by atoms with Gasteiger partial charge in [-0.25, -0.2) is 17.2 Å². The molecule has 0 aliphatic carbocycles. The highest BCUT2D eigenvalue weighted by molar-refractivity contribution is 7.90. The van der Waals surface area contributed by atoms with Crippen molar-refractivity contribution in [2.75, 3.05) is 6.54 Å². The SMILES string of the molecule is Cc1ccc(S(=O)(=O)n2c3c(c4cc(Cl)ccc42)CN(C(=O)O)CC3)cc1. The van der Waals surface area contributed by atoms with Crippen molar-refractivity contribution >= 4 is 38.6 Å². The predicted molar refractivity (Wildman–Crippen MR) is 103 cm³/mol. The minimum atomic E-state index is -3.82. The van der Waals surface area contributed by atoms with E-state index in [0.717, 1.165) is 5.56 Å². The summed E-state index contributed by atoms with van der Waals surface area (Å²) in [7, 11) is -3.82. The Morgan fingerprint density at radius 1 is 1.15 bits per heavy atom. The Balaban J connectivity index is 1.99. The monoisotopic (exact) mass is 404 g/mol. The summed E-state index contributed by atoms with van der Waals surface area (Å²) in [6.45, 7) is 2.28. The van der Waals surface area contributed by atoms with Crippen molar-refractivity contribution in [1.29, 1.82) is 0 Å². The summed E-state index contributed by atoms with van der Waals surface area (Å²) in [5.74, 6) is 0. The molecule has 0 fully saturated rings. The van der Waals surface area contributed by atoms with Crippen molar-refractivity contribution in [3.05, 3.63) is 64.3 Å². The van der Waals surface area contributed by atoms with E-state index in [1.807, 2.05) is 6.92 Å². The molecule has 0 saturated carbocycles. The van der Waals surface area contributed by atoms with Crippen LogP contribution in [0.4, 0.5) is 4.79 Å². The molecule has 3 aromatic rings. The van der Waals surface area contributed by atoms with Gasteiger partial charge in [-0.2, -0.15) is 0 Å². The van der Waals surface area contributed by atoms with E-state index < -0.39 is 16.1 Å². The van der Waals surface area contributed by atoms with Crippen molar-refractivity contribution in [2.45, 2.75) is 24.8 Å². The van der Waals surface area contributed by atoms with Crippen molar-refractivity contribution in [3.63, 3.8) is 0 Å². The van der Waals surface area contributed by atoms with Gasteiger partial charge in [0.15, 0.2) is 0 Å². The van der Waals surface area contributed by atoms with Gasteiger partial charge in [0.2, 0.25) is 0 Å². The van der Waals surface area contributed by atoms with Crippen LogP contribution in [0, 0.1) is 6.92 Å². The normalized spacial score (nSPS) is 14.4. The van der Waals surface area contributed by atoms with Crippen LogP contribution < -0.4 is 0 Å². The highest BCUT2D eigenvalue weighted by Gasteiger charge is 2.31. The van der Waals surface area contributed by atoms with Gasteiger partial charge in [-0.15, -0.1) is 0 Å². The van der Waals surface area contributed by atoms with Crippen LogP contribution in [0.1, 0.15) is 16.8 Å². The Morgan fingerprint density at radius 3 is 2.52 bits per heavy atom. The molecule has 0 saturated heterocycles. The van der Waals surface area contributed by atoms with E-state index in [0.29, 0.717) is 33.6 Å². The van der Waals surface area contributed by atoms with Gasteiger partial charge in [0.25, 0.3) is 10.0 Å². The number of rotatable bonds is 2. The molecule has 1 amide bonds. The summed E-state index contributed by atoms with van der Waals surface area (Å²) >= 11 is 6.13. The maximum atomic E-state index is 13.4. The van der Waals surface area contributed by atoms with Crippen LogP contribution in [0.2, 0.25) is 5.02 Å². The zero-order valence-electron chi connectivity index (χ0n) is 14.5. The number of benzene rings is 2. The molecular weight excluding hydrogens is 388 g/mol. The molecule has 2 heterocycles. The van der Waals surface area contributed by atoms with Crippen molar-refractivity contribution < 1.29 is 18.3 Å². The van der Waals surface area contributed by atoms with Gasteiger partial charge in [0.05, 0.1) is 17.0 Å². The van der Waals surface area contributed by atoms with Crippen LogP contribution in [0.25, 0.3) is 10.9 Å². The number of hydrogen-bond acceptors (Lipinski definition) is 3. The fraction of sp³-hybridized carbons (Fsp3) is 0.211. The molecule has 2 aromatic carbocycles. The number of nitrogens with zero attached hydrogens (tertiary/aromatic N) is 2. The van der Waals surface area contributed by atoms with Gasteiger partial charge in [-0.05, 0) is 37.3 Å². The summed E-state index contributed by atoms with van der Waals surface area (Å²) in [5, 5.41) is 10.5. The Morgan fingerprint density at radius 2 is 1.85 bits per heavy atom. The fourth-order valence-electron chi connectivity index (χ4n) is 3.54. The molecule has 140 valence electrons. The second-order valence-electron chi connectivity index (χ2n) is 6.62. The van der Waals surface area contributed by atoms with Gasteiger partial charge in [-0.1, -0.05) is 29.3 Å². The van der Waals surface area contributed by atoms with E-state index in [1.54, 1.807) is 42.5 Å². The smallest absolute Gasteiger partial charge is 0.407 e. The lowest BCUT2D eigenvalue weighted by molar-refractivity contribution is 0.140. The minimum absolute atomic E-state index is 0.137. The molecule has 1 N–H and O–H groups in total. The minimum Gasteiger partial charge on any atom is -0.465 e. The van der Waals surface area contributed by atoms with Crippen LogP contribution >= 0.6 is 11.6 Å². The van der Waals surface area contributed by atoms with Crippen LogP contribution in [-0.4, -0.2) is 35.0 Å². The number of aromatic nitrogens is 1. The third-order valence-electron chi connectivity index (χ3n) is 4.89. The number of fused-ring (bicyclic) bond motifs is 3. The van der Waals surface area contributed by atoms with Crippen molar-refractivity contribution in [1.82, 2.24) is 8.87 Å². The molecule has 0 atom stereocenters.